The van der Waals surface area contributed by atoms with E-state index in [0.717, 1.165) is 37.3 Å². The molecule has 1 aromatic rings. The Morgan fingerprint density at radius 3 is 2.65 bits per heavy atom. The average molecular weight is 335 g/mol. The van der Waals surface area contributed by atoms with Crippen molar-refractivity contribution >= 4 is 15.6 Å². The fraction of sp³-hybridized carbons (Fsp3) is 0.706. The van der Waals surface area contributed by atoms with E-state index >= 15 is 0 Å². The normalized spacial score (nSPS) is 31.5. The summed E-state index contributed by atoms with van der Waals surface area (Å²) in [4.78, 5) is 0. The van der Waals surface area contributed by atoms with E-state index in [-0.39, 0.29) is 5.41 Å². The van der Waals surface area contributed by atoms with E-state index in [1.807, 2.05) is 17.8 Å². The van der Waals surface area contributed by atoms with Crippen LogP contribution in [0, 0.1) is 11.3 Å². The molecule has 2 saturated carbocycles. The smallest absolute Gasteiger partial charge is 0.214 e. The molecule has 0 aromatic carbocycles. The Balaban J connectivity index is 1.47. The van der Waals surface area contributed by atoms with Crippen molar-refractivity contribution in [3.05, 3.63) is 24.0 Å². The first-order valence-corrected chi connectivity index (χ1v) is 10.2. The van der Waals surface area contributed by atoms with Gasteiger partial charge in [0, 0.05) is 26.3 Å². The number of rotatable bonds is 4. The van der Waals surface area contributed by atoms with Crippen molar-refractivity contribution in [2.24, 2.45) is 18.4 Å². The molecule has 6 heteroatoms. The third-order valence-electron chi connectivity index (χ3n) is 6.09. The third kappa shape index (κ3) is 2.76. The van der Waals surface area contributed by atoms with E-state index in [0.29, 0.717) is 18.8 Å². The van der Waals surface area contributed by atoms with Crippen LogP contribution in [0.5, 0.6) is 0 Å². The molecular formula is C17H25N3O2S. The van der Waals surface area contributed by atoms with Gasteiger partial charge in [0.25, 0.3) is 0 Å². The van der Waals surface area contributed by atoms with Crippen LogP contribution < -0.4 is 0 Å². The van der Waals surface area contributed by atoms with Crippen molar-refractivity contribution in [1.29, 1.82) is 0 Å². The van der Waals surface area contributed by atoms with Gasteiger partial charge in [-0.25, -0.2) is 8.42 Å². The monoisotopic (exact) mass is 335 g/mol. The minimum absolute atomic E-state index is 0.0928. The summed E-state index contributed by atoms with van der Waals surface area (Å²) in [5, 5.41) is 4.20. The zero-order valence-corrected chi connectivity index (χ0v) is 14.6. The van der Waals surface area contributed by atoms with E-state index in [9.17, 15) is 8.42 Å². The molecule has 0 atom stereocenters. The van der Waals surface area contributed by atoms with Gasteiger partial charge in [0.2, 0.25) is 10.0 Å². The predicted octanol–water partition coefficient (Wildman–Crippen LogP) is 2.42. The molecule has 5 nitrogen and oxygen atoms in total. The Kier molecular flexibility index (Phi) is 3.65. The molecule has 0 radical (unpaired) electrons. The second-order valence-electron chi connectivity index (χ2n) is 7.58. The van der Waals surface area contributed by atoms with Crippen LogP contribution >= 0.6 is 0 Å². The maximum atomic E-state index is 12.9. The number of sulfonamides is 1. The molecule has 0 spiro atoms. The van der Waals surface area contributed by atoms with Crippen LogP contribution in [0.3, 0.4) is 0 Å². The van der Waals surface area contributed by atoms with Gasteiger partial charge < -0.3 is 0 Å². The third-order valence-corrected chi connectivity index (χ3v) is 8.19. The van der Waals surface area contributed by atoms with Crippen LogP contribution in [0.25, 0.3) is 5.57 Å². The zero-order valence-electron chi connectivity index (χ0n) is 13.7. The average Bonchev–Trinajstić information content (AvgIpc) is 3.22. The van der Waals surface area contributed by atoms with Crippen molar-refractivity contribution < 1.29 is 8.42 Å². The standard InChI is InChI=1S/C17H25N3O2S/c1-19-16(4-9-18-19)15-5-10-20(11-6-15)23(21,22)13-17-7-2-14(12-17)3-8-17/h4-5,9,14H,2-3,6-8,10-13H2,1H3. The van der Waals surface area contributed by atoms with E-state index < -0.39 is 10.0 Å². The van der Waals surface area contributed by atoms with Crippen molar-refractivity contribution in [2.45, 2.75) is 38.5 Å². The van der Waals surface area contributed by atoms with E-state index in [4.69, 9.17) is 0 Å². The maximum absolute atomic E-state index is 12.9. The maximum Gasteiger partial charge on any atom is 0.214 e. The van der Waals surface area contributed by atoms with Gasteiger partial charge in [0.1, 0.15) is 0 Å². The van der Waals surface area contributed by atoms with Crippen LogP contribution in [0.2, 0.25) is 0 Å². The molecule has 0 saturated heterocycles. The molecule has 2 aliphatic carbocycles. The van der Waals surface area contributed by atoms with Gasteiger partial charge in [-0.3, -0.25) is 4.68 Å². The zero-order chi connectivity index (χ0) is 16.1. The quantitative estimate of drug-likeness (QED) is 0.849. The summed E-state index contributed by atoms with van der Waals surface area (Å²) in [6, 6.07) is 1.99. The summed E-state index contributed by atoms with van der Waals surface area (Å²) < 4.78 is 29.3. The van der Waals surface area contributed by atoms with E-state index in [1.165, 1.54) is 18.4 Å². The highest BCUT2D eigenvalue weighted by molar-refractivity contribution is 7.89. The summed E-state index contributed by atoms with van der Waals surface area (Å²) in [7, 11) is -1.22. The summed E-state index contributed by atoms with van der Waals surface area (Å²) in [5.74, 6) is 1.16. The van der Waals surface area contributed by atoms with Crippen molar-refractivity contribution in [3.63, 3.8) is 0 Å². The number of hydrogen-bond acceptors (Lipinski definition) is 3. The summed E-state index contributed by atoms with van der Waals surface area (Å²) in [5.41, 5.74) is 2.39. The fourth-order valence-corrected chi connectivity index (χ4v) is 6.85. The molecule has 2 bridgehead atoms. The van der Waals surface area contributed by atoms with Gasteiger partial charge >= 0.3 is 0 Å². The van der Waals surface area contributed by atoms with Crippen LogP contribution in [-0.2, 0) is 17.1 Å². The van der Waals surface area contributed by atoms with Crippen LogP contribution in [-0.4, -0.2) is 41.3 Å². The van der Waals surface area contributed by atoms with Gasteiger partial charge in [0.05, 0.1) is 11.4 Å². The van der Waals surface area contributed by atoms with Crippen LogP contribution in [0.1, 0.15) is 44.2 Å². The van der Waals surface area contributed by atoms with Gasteiger partial charge in [-0.1, -0.05) is 6.08 Å². The highest BCUT2D eigenvalue weighted by atomic mass is 32.2. The molecule has 2 heterocycles. The fourth-order valence-electron chi connectivity index (χ4n) is 4.82. The molecule has 4 rings (SSSR count). The number of fused-ring (bicyclic) bond motifs is 2. The Labute approximate surface area is 138 Å². The molecular weight excluding hydrogens is 310 g/mol. The largest absolute Gasteiger partial charge is 0.268 e. The van der Waals surface area contributed by atoms with Crippen molar-refractivity contribution in [3.8, 4) is 0 Å². The minimum Gasteiger partial charge on any atom is -0.268 e. The SMILES string of the molecule is Cn1nccc1C1=CCN(S(=O)(=O)CC23CCC(CC2)C3)CC1. The first-order chi connectivity index (χ1) is 11.0. The van der Waals surface area contributed by atoms with Gasteiger partial charge in [-0.15, -0.1) is 0 Å². The topological polar surface area (TPSA) is 55.2 Å². The molecule has 1 aromatic heterocycles. The number of hydrogen-bond donors (Lipinski definition) is 0. The molecule has 0 N–H and O–H groups in total. The lowest BCUT2D eigenvalue weighted by molar-refractivity contribution is 0.323. The lowest BCUT2D eigenvalue weighted by atomic mass is 9.87. The Morgan fingerprint density at radius 1 is 1.35 bits per heavy atom. The highest BCUT2D eigenvalue weighted by Gasteiger charge is 2.48. The molecule has 126 valence electrons. The lowest BCUT2D eigenvalue weighted by Gasteiger charge is -2.31. The van der Waals surface area contributed by atoms with Crippen molar-refractivity contribution in [1.82, 2.24) is 14.1 Å². The molecule has 0 unspecified atom stereocenters. The van der Waals surface area contributed by atoms with E-state index in [2.05, 4.69) is 11.2 Å². The minimum atomic E-state index is -3.15. The second kappa shape index (κ2) is 5.45. The van der Waals surface area contributed by atoms with Crippen LogP contribution in [0.4, 0.5) is 0 Å². The Bertz CT molecular complexity index is 727. The molecule has 2 fully saturated rings. The molecule has 0 amide bonds. The second-order valence-corrected chi connectivity index (χ2v) is 9.55. The molecule has 1 aliphatic heterocycles. The first-order valence-electron chi connectivity index (χ1n) is 8.63. The van der Waals surface area contributed by atoms with Gasteiger partial charge in [-0.05, 0) is 61.5 Å². The van der Waals surface area contributed by atoms with Crippen molar-refractivity contribution in [2.75, 3.05) is 18.8 Å². The molecule has 3 aliphatic rings. The summed E-state index contributed by atoms with van der Waals surface area (Å²) in [6.07, 6.45) is 10.4. The number of aromatic nitrogens is 2. The number of aryl methyl sites for hydroxylation is 1. The van der Waals surface area contributed by atoms with Gasteiger partial charge in [-0.2, -0.15) is 9.40 Å². The summed E-state index contributed by atoms with van der Waals surface area (Å²) in [6.45, 7) is 1.10. The van der Waals surface area contributed by atoms with Crippen LogP contribution in [0.15, 0.2) is 18.3 Å². The first kappa shape index (κ1) is 15.4. The predicted molar refractivity (Wildman–Crippen MR) is 90.2 cm³/mol. The Morgan fingerprint density at radius 2 is 2.13 bits per heavy atom. The Hall–Kier alpha value is -1.14. The lowest BCUT2D eigenvalue weighted by Crippen LogP contribution is -2.40. The highest BCUT2D eigenvalue weighted by Crippen LogP contribution is 2.54. The van der Waals surface area contributed by atoms with E-state index in [1.54, 1.807) is 10.5 Å². The molecule has 23 heavy (non-hydrogen) atoms. The number of nitrogens with zero attached hydrogens (tertiary/aromatic N) is 3. The summed E-state index contributed by atoms with van der Waals surface area (Å²) >= 11 is 0. The van der Waals surface area contributed by atoms with Gasteiger partial charge in [0.15, 0.2) is 0 Å².